The topological polar surface area (TPSA) is 71.1 Å². The zero-order chi connectivity index (χ0) is 13.9. The van der Waals surface area contributed by atoms with Gasteiger partial charge in [-0.05, 0) is 36.9 Å². The molecule has 2 rings (SSSR count). The molecule has 1 aliphatic heterocycles. The van der Waals surface area contributed by atoms with Gasteiger partial charge in [-0.15, -0.1) is 12.4 Å². The van der Waals surface area contributed by atoms with Crippen molar-refractivity contribution in [3.8, 4) is 0 Å². The van der Waals surface area contributed by atoms with Crippen LogP contribution in [-0.4, -0.2) is 32.5 Å². The Hall–Kier alpha value is -0.690. The lowest BCUT2D eigenvalue weighted by Crippen LogP contribution is -2.52. The third-order valence-corrected chi connectivity index (χ3v) is 5.16. The van der Waals surface area contributed by atoms with Crippen LogP contribution >= 0.6 is 12.4 Å². The summed E-state index contributed by atoms with van der Waals surface area (Å²) in [5.74, 6) is 0. The van der Waals surface area contributed by atoms with Gasteiger partial charge in [0.15, 0.2) is 0 Å². The van der Waals surface area contributed by atoms with Gasteiger partial charge >= 0.3 is 0 Å². The fraction of sp³-hybridized carbons (Fsp3) is 0.615. The van der Waals surface area contributed by atoms with Crippen molar-refractivity contribution in [2.24, 2.45) is 5.41 Å². The fourth-order valence-electron chi connectivity index (χ4n) is 2.40. The second-order valence-corrected chi connectivity index (χ2v) is 7.41. The normalized spacial score (nSPS) is 22.0. The van der Waals surface area contributed by atoms with Gasteiger partial charge < -0.3 is 5.32 Å². The van der Waals surface area contributed by atoms with Crippen molar-refractivity contribution in [3.63, 3.8) is 0 Å². The molecular weight excluding hydrogens is 298 g/mol. The van der Waals surface area contributed by atoms with Crippen molar-refractivity contribution in [3.05, 3.63) is 24.5 Å². The Morgan fingerprint density at radius 2 is 2.25 bits per heavy atom. The monoisotopic (exact) mass is 319 g/mol. The maximum absolute atomic E-state index is 12.1. The smallest absolute Gasteiger partial charge is 0.242 e. The van der Waals surface area contributed by atoms with E-state index in [0.29, 0.717) is 6.54 Å². The Labute approximate surface area is 127 Å². The third kappa shape index (κ3) is 4.15. The van der Waals surface area contributed by atoms with Crippen LogP contribution in [-0.2, 0) is 10.0 Å². The molecule has 1 aliphatic rings. The van der Waals surface area contributed by atoms with E-state index >= 15 is 0 Å². The Morgan fingerprint density at radius 3 is 2.85 bits per heavy atom. The van der Waals surface area contributed by atoms with Crippen molar-refractivity contribution >= 4 is 22.4 Å². The number of pyridine rings is 1. The lowest BCUT2D eigenvalue weighted by Gasteiger charge is -2.39. The third-order valence-electron chi connectivity index (χ3n) is 3.75. The van der Waals surface area contributed by atoms with E-state index in [1.165, 1.54) is 6.20 Å². The van der Waals surface area contributed by atoms with E-state index in [1.54, 1.807) is 18.3 Å². The number of rotatable bonds is 4. The molecule has 1 aromatic rings. The number of hydrogen-bond acceptors (Lipinski definition) is 4. The lowest BCUT2D eigenvalue weighted by molar-refractivity contribution is 0.181. The molecule has 1 aromatic heterocycles. The zero-order valence-electron chi connectivity index (χ0n) is 11.8. The molecule has 0 aromatic carbocycles. The lowest BCUT2D eigenvalue weighted by atomic mass is 9.78. The molecule has 114 valence electrons. The molecule has 2 N–H and O–H groups in total. The van der Waals surface area contributed by atoms with E-state index < -0.39 is 10.0 Å². The van der Waals surface area contributed by atoms with E-state index in [1.807, 2.05) is 0 Å². The van der Waals surface area contributed by atoms with Crippen LogP contribution in [0.3, 0.4) is 0 Å². The standard InChI is InChI=1S/C13H21N3O2S.ClH/c1-13(2)6-4-8-15-12(13)10-16-19(17,18)11-5-3-7-14-9-11;/h3,5,7,9,12,15-16H,4,6,8,10H2,1-2H3;1H. The number of aromatic nitrogens is 1. The number of nitrogens with one attached hydrogen (secondary N) is 2. The first-order chi connectivity index (χ1) is 8.92. The summed E-state index contributed by atoms with van der Waals surface area (Å²) in [5, 5.41) is 3.39. The maximum Gasteiger partial charge on any atom is 0.242 e. The van der Waals surface area contributed by atoms with E-state index in [9.17, 15) is 8.42 Å². The zero-order valence-corrected chi connectivity index (χ0v) is 13.4. The van der Waals surface area contributed by atoms with Crippen molar-refractivity contribution in [2.75, 3.05) is 13.1 Å². The van der Waals surface area contributed by atoms with Crippen molar-refractivity contribution < 1.29 is 8.42 Å². The largest absolute Gasteiger partial charge is 0.312 e. The van der Waals surface area contributed by atoms with Crippen molar-refractivity contribution in [1.82, 2.24) is 15.0 Å². The molecule has 20 heavy (non-hydrogen) atoms. The van der Waals surface area contributed by atoms with Crippen LogP contribution in [0.2, 0.25) is 0 Å². The molecule has 0 aliphatic carbocycles. The fourth-order valence-corrected chi connectivity index (χ4v) is 3.41. The Morgan fingerprint density at radius 1 is 1.50 bits per heavy atom. The summed E-state index contributed by atoms with van der Waals surface area (Å²) >= 11 is 0. The molecule has 1 saturated heterocycles. The number of halogens is 1. The van der Waals surface area contributed by atoms with Crippen LogP contribution < -0.4 is 10.0 Å². The van der Waals surface area contributed by atoms with Gasteiger partial charge in [0, 0.05) is 25.0 Å². The molecular formula is C13H22ClN3O2S. The second-order valence-electron chi connectivity index (χ2n) is 5.64. The first kappa shape index (κ1) is 17.4. The summed E-state index contributed by atoms with van der Waals surface area (Å²) in [5.41, 5.74) is 0.107. The number of hydrogen-bond donors (Lipinski definition) is 2. The van der Waals surface area contributed by atoms with Crippen LogP contribution in [0.1, 0.15) is 26.7 Å². The number of sulfonamides is 1. The van der Waals surface area contributed by atoms with Crippen LogP contribution in [0.25, 0.3) is 0 Å². The number of piperidine rings is 1. The highest BCUT2D eigenvalue weighted by Gasteiger charge is 2.32. The average Bonchev–Trinajstić information content (AvgIpc) is 2.38. The minimum Gasteiger partial charge on any atom is -0.312 e. The van der Waals surface area contributed by atoms with E-state index in [0.717, 1.165) is 19.4 Å². The first-order valence-corrected chi connectivity index (χ1v) is 8.03. The molecule has 1 atom stereocenters. The molecule has 0 saturated carbocycles. The number of nitrogens with zero attached hydrogens (tertiary/aromatic N) is 1. The van der Waals surface area contributed by atoms with Crippen LogP contribution in [0.15, 0.2) is 29.4 Å². The summed E-state index contributed by atoms with van der Waals surface area (Å²) in [7, 11) is -3.46. The summed E-state index contributed by atoms with van der Waals surface area (Å²) in [6, 6.07) is 3.33. The molecule has 7 heteroatoms. The molecule has 1 fully saturated rings. The summed E-state index contributed by atoms with van der Waals surface area (Å²) < 4.78 is 26.9. The Bertz CT molecular complexity index is 520. The van der Waals surface area contributed by atoms with Gasteiger partial charge in [0.1, 0.15) is 4.90 Å². The van der Waals surface area contributed by atoms with Gasteiger partial charge in [0.25, 0.3) is 0 Å². The van der Waals surface area contributed by atoms with Gasteiger partial charge in [-0.1, -0.05) is 13.8 Å². The molecule has 5 nitrogen and oxygen atoms in total. The van der Waals surface area contributed by atoms with E-state index in [-0.39, 0.29) is 28.8 Å². The van der Waals surface area contributed by atoms with Gasteiger partial charge in [-0.2, -0.15) is 0 Å². The SMILES string of the molecule is CC1(C)CCCNC1CNS(=O)(=O)c1cccnc1.Cl. The predicted octanol–water partition coefficient (Wildman–Crippen LogP) is 1.56. The van der Waals surface area contributed by atoms with Gasteiger partial charge in [-0.3, -0.25) is 4.98 Å². The van der Waals surface area contributed by atoms with Crippen molar-refractivity contribution in [2.45, 2.75) is 37.6 Å². The average molecular weight is 320 g/mol. The Balaban J connectivity index is 0.00000200. The second kappa shape index (κ2) is 6.85. The first-order valence-electron chi connectivity index (χ1n) is 6.55. The van der Waals surface area contributed by atoms with Crippen LogP contribution in [0.5, 0.6) is 0 Å². The minimum atomic E-state index is -3.46. The summed E-state index contributed by atoms with van der Waals surface area (Å²) in [6.07, 6.45) is 5.17. The predicted molar refractivity (Wildman–Crippen MR) is 81.5 cm³/mol. The molecule has 0 spiro atoms. The Kier molecular flexibility index (Phi) is 5.94. The van der Waals surface area contributed by atoms with E-state index in [4.69, 9.17) is 0 Å². The molecule has 0 radical (unpaired) electrons. The van der Waals surface area contributed by atoms with Crippen molar-refractivity contribution in [1.29, 1.82) is 0 Å². The maximum atomic E-state index is 12.1. The minimum absolute atomic E-state index is 0. The van der Waals surface area contributed by atoms with Gasteiger partial charge in [-0.25, -0.2) is 13.1 Å². The van der Waals surface area contributed by atoms with E-state index in [2.05, 4.69) is 28.9 Å². The highest BCUT2D eigenvalue weighted by molar-refractivity contribution is 7.89. The quantitative estimate of drug-likeness (QED) is 0.883. The van der Waals surface area contributed by atoms with Crippen LogP contribution in [0.4, 0.5) is 0 Å². The molecule has 0 bridgehead atoms. The van der Waals surface area contributed by atoms with Gasteiger partial charge in [0.05, 0.1) is 0 Å². The summed E-state index contributed by atoms with van der Waals surface area (Å²) in [4.78, 5) is 4.05. The summed E-state index contributed by atoms with van der Waals surface area (Å²) in [6.45, 7) is 5.69. The highest BCUT2D eigenvalue weighted by atomic mass is 35.5. The molecule has 2 heterocycles. The highest BCUT2D eigenvalue weighted by Crippen LogP contribution is 2.29. The van der Waals surface area contributed by atoms with Crippen LogP contribution in [0, 0.1) is 5.41 Å². The molecule has 1 unspecified atom stereocenters. The molecule has 0 amide bonds. The van der Waals surface area contributed by atoms with Gasteiger partial charge in [0.2, 0.25) is 10.0 Å².